The van der Waals surface area contributed by atoms with E-state index in [0.717, 1.165) is 50.7 Å². The van der Waals surface area contributed by atoms with Crippen LogP contribution in [0, 0.1) is 13.8 Å². The Balaban J connectivity index is 1.63. The summed E-state index contributed by atoms with van der Waals surface area (Å²) < 4.78 is 5.88. The minimum atomic E-state index is 0.505. The molecule has 1 aliphatic carbocycles. The standard InChI is InChI=1S/C18H32N4OS/c1-4-19-18(20-11-7-13-23-16-8-5-6-9-16)21-12-10-17-22-14(2)15(3)24-17/h16H,4-13H2,1-3H3,(H2,19,20,21). The van der Waals surface area contributed by atoms with Crippen molar-refractivity contribution >= 4 is 17.3 Å². The molecular formula is C18H32N4OS. The number of hydrogen-bond acceptors (Lipinski definition) is 4. The molecule has 0 atom stereocenters. The number of nitrogens with one attached hydrogen (secondary N) is 2. The molecule has 1 heterocycles. The van der Waals surface area contributed by atoms with E-state index in [4.69, 9.17) is 4.74 Å². The van der Waals surface area contributed by atoms with Crippen LogP contribution in [0.25, 0.3) is 0 Å². The molecule has 0 unspecified atom stereocenters. The summed E-state index contributed by atoms with van der Waals surface area (Å²) in [7, 11) is 0. The van der Waals surface area contributed by atoms with Gasteiger partial charge < -0.3 is 15.4 Å². The summed E-state index contributed by atoms with van der Waals surface area (Å²) in [4.78, 5) is 10.5. The predicted octanol–water partition coefficient (Wildman–Crippen LogP) is 3.21. The summed E-state index contributed by atoms with van der Waals surface area (Å²) >= 11 is 1.79. The fourth-order valence-electron chi connectivity index (χ4n) is 2.84. The molecule has 1 aliphatic rings. The quantitative estimate of drug-likeness (QED) is 0.407. The lowest BCUT2D eigenvalue weighted by atomic mass is 10.3. The summed E-state index contributed by atoms with van der Waals surface area (Å²) in [5.74, 6) is 0.892. The van der Waals surface area contributed by atoms with Gasteiger partial charge in [0.05, 0.1) is 16.8 Å². The molecule has 0 bridgehead atoms. The fraction of sp³-hybridized carbons (Fsp3) is 0.778. The fourth-order valence-corrected chi connectivity index (χ4v) is 3.77. The second kappa shape index (κ2) is 10.7. The number of hydrogen-bond donors (Lipinski definition) is 2. The number of thiazole rings is 1. The molecule has 0 radical (unpaired) electrons. The van der Waals surface area contributed by atoms with E-state index in [1.165, 1.54) is 35.6 Å². The Morgan fingerprint density at radius 2 is 2.08 bits per heavy atom. The molecule has 1 fully saturated rings. The maximum Gasteiger partial charge on any atom is 0.191 e. The van der Waals surface area contributed by atoms with Gasteiger partial charge in [-0.1, -0.05) is 12.8 Å². The zero-order valence-electron chi connectivity index (χ0n) is 15.4. The zero-order chi connectivity index (χ0) is 17.2. The SMILES string of the molecule is CCNC(=NCCCOC1CCCC1)NCCc1nc(C)c(C)s1. The van der Waals surface area contributed by atoms with Gasteiger partial charge in [-0.15, -0.1) is 11.3 Å². The van der Waals surface area contributed by atoms with Crippen LogP contribution in [0.2, 0.25) is 0 Å². The minimum Gasteiger partial charge on any atom is -0.378 e. The molecule has 1 aromatic heterocycles. The van der Waals surface area contributed by atoms with Gasteiger partial charge in [-0.05, 0) is 40.0 Å². The molecular weight excluding hydrogens is 320 g/mol. The van der Waals surface area contributed by atoms with Gasteiger partial charge in [-0.3, -0.25) is 4.99 Å². The van der Waals surface area contributed by atoms with Crippen molar-refractivity contribution < 1.29 is 4.74 Å². The van der Waals surface area contributed by atoms with E-state index in [2.05, 4.69) is 41.4 Å². The molecule has 0 amide bonds. The van der Waals surface area contributed by atoms with Crippen molar-refractivity contribution in [3.05, 3.63) is 15.6 Å². The van der Waals surface area contributed by atoms with Gasteiger partial charge in [0.25, 0.3) is 0 Å². The number of nitrogens with zero attached hydrogens (tertiary/aromatic N) is 2. The van der Waals surface area contributed by atoms with Gasteiger partial charge in [0.15, 0.2) is 5.96 Å². The predicted molar refractivity (Wildman–Crippen MR) is 102 cm³/mol. The Morgan fingerprint density at radius 3 is 2.75 bits per heavy atom. The van der Waals surface area contributed by atoms with E-state index in [9.17, 15) is 0 Å². The molecule has 2 rings (SSSR count). The number of guanidine groups is 1. The Kier molecular flexibility index (Phi) is 8.53. The summed E-state index contributed by atoms with van der Waals surface area (Å²) in [5.41, 5.74) is 1.15. The molecule has 0 aliphatic heterocycles. The molecule has 24 heavy (non-hydrogen) atoms. The Labute approximate surface area is 150 Å². The zero-order valence-corrected chi connectivity index (χ0v) is 16.2. The van der Waals surface area contributed by atoms with Gasteiger partial charge in [0.2, 0.25) is 0 Å². The van der Waals surface area contributed by atoms with Gasteiger partial charge >= 0.3 is 0 Å². The maximum atomic E-state index is 5.88. The maximum absolute atomic E-state index is 5.88. The molecule has 0 aromatic carbocycles. The highest BCUT2D eigenvalue weighted by molar-refractivity contribution is 7.11. The van der Waals surface area contributed by atoms with Crippen LogP contribution in [0.5, 0.6) is 0 Å². The Morgan fingerprint density at radius 1 is 1.29 bits per heavy atom. The summed E-state index contributed by atoms with van der Waals surface area (Å²) in [5, 5.41) is 7.89. The number of rotatable bonds is 9. The molecule has 0 spiro atoms. The molecule has 0 saturated heterocycles. The van der Waals surface area contributed by atoms with Crippen molar-refractivity contribution in [1.82, 2.24) is 15.6 Å². The number of aryl methyl sites for hydroxylation is 2. The summed E-state index contributed by atoms with van der Waals surface area (Å²) in [6.07, 6.45) is 7.56. The van der Waals surface area contributed by atoms with Crippen molar-refractivity contribution in [2.75, 3.05) is 26.2 Å². The first-order valence-electron chi connectivity index (χ1n) is 9.25. The van der Waals surface area contributed by atoms with Crippen LogP contribution in [0.1, 0.15) is 54.6 Å². The first-order chi connectivity index (χ1) is 11.7. The average Bonchev–Trinajstić information content (AvgIpc) is 3.17. The van der Waals surface area contributed by atoms with Crippen molar-refractivity contribution in [2.24, 2.45) is 4.99 Å². The van der Waals surface area contributed by atoms with Crippen LogP contribution in [-0.2, 0) is 11.2 Å². The lowest BCUT2D eigenvalue weighted by Gasteiger charge is -2.12. The van der Waals surface area contributed by atoms with Gasteiger partial charge in [-0.2, -0.15) is 0 Å². The molecule has 1 aromatic rings. The average molecular weight is 353 g/mol. The van der Waals surface area contributed by atoms with E-state index in [1.54, 1.807) is 11.3 Å². The highest BCUT2D eigenvalue weighted by Crippen LogP contribution is 2.20. The molecule has 136 valence electrons. The number of aliphatic imine (C=N–C) groups is 1. The number of ether oxygens (including phenoxy) is 1. The second-order valence-electron chi connectivity index (χ2n) is 6.32. The third-order valence-corrected chi connectivity index (χ3v) is 5.41. The largest absolute Gasteiger partial charge is 0.378 e. The monoisotopic (exact) mass is 352 g/mol. The summed E-state index contributed by atoms with van der Waals surface area (Å²) in [6, 6.07) is 0. The summed E-state index contributed by atoms with van der Waals surface area (Å²) in [6.45, 7) is 9.65. The highest BCUT2D eigenvalue weighted by Gasteiger charge is 2.14. The van der Waals surface area contributed by atoms with Crippen molar-refractivity contribution in [1.29, 1.82) is 0 Å². The lowest BCUT2D eigenvalue weighted by Crippen LogP contribution is -2.38. The molecule has 6 heteroatoms. The van der Waals surface area contributed by atoms with E-state index >= 15 is 0 Å². The van der Waals surface area contributed by atoms with Crippen LogP contribution in [-0.4, -0.2) is 43.3 Å². The highest BCUT2D eigenvalue weighted by atomic mass is 32.1. The van der Waals surface area contributed by atoms with E-state index in [-0.39, 0.29) is 0 Å². The second-order valence-corrected chi connectivity index (χ2v) is 7.61. The molecule has 1 saturated carbocycles. The third kappa shape index (κ3) is 6.77. The molecule has 2 N–H and O–H groups in total. The lowest BCUT2D eigenvalue weighted by molar-refractivity contribution is 0.0579. The van der Waals surface area contributed by atoms with E-state index in [1.807, 2.05) is 0 Å². The van der Waals surface area contributed by atoms with E-state index < -0.39 is 0 Å². The first kappa shape index (κ1) is 19.2. The number of aromatic nitrogens is 1. The van der Waals surface area contributed by atoms with Gasteiger partial charge in [-0.25, -0.2) is 4.98 Å². The van der Waals surface area contributed by atoms with Gasteiger partial charge in [0.1, 0.15) is 0 Å². The minimum absolute atomic E-state index is 0.505. The van der Waals surface area contributed by atoms with Crippen LogP contribution >= 0.6 is 11.3 Å². The van der Waals surface area contributed by atoms with Crippen molar-refractivity contribution in [2.45, 2.75) is 65.4 Å². The van der Waals surface area contributed by atoms with E-state index in [0.29, 0.717) is 6.10 Å². The Bertz CT molecular complexity index is 490. The first-order valence-corrected chi connectivity index (χ1v) is 10.1. The van der Waals surface area contributed by atoms with Crippen molar-refractivity contribution in [3.63, 3.8) is 0 Å². The van der Waals surface area contributed by atoms with Crippen LogP contribution in [0.15, 0.2) is 4.99 Å². The van der Waals surface area contributed by atoms with Crippen molar-refractivity contribution in [3.8, 4) is 0 Å². The molecule has 5 nitrogen and oxygen atoms in total. The smallest absolute Gasteiger partial charge is 0.191 e. The Hall–Kier alpha value is -1.14. The normalized spacial score (nSPS) is 15.9. The van der Waals surface area contributed by atoms with Crippen LogP contribution in [0.4, 0.5) is 0 Å². The third-order valence-electron chi connectivity index (χ3n) is 4.28. The van der Waals surface area contributed by atoms with Gasteiger partial charge in [0, 0.05) is 37.5 Å². The topological polar surface area (TPSA) is 58.5 Å². The van der Waals surface area contributed by atoms with Crippen LogP contribution < -0.4 is 10.6 Å². The van der Waals surface area contributed by atoms with Crippen LogP contribution in [0.3, 0.4) is 0 Å².